The number of carbonyl (C=O) groups excluding carboxylic acids is 3. The maximum Gasteiger partial charge on any atom is 0.408 e. The van der Waals surface area contributed by atoms with Crippen LogP contribution in [-0.2, 0) is 46.1 Å². The number of nitrogens with two attached hydrogens (primary N) is 1. The number of rotatable bonds is 9. The molecule has 2 saturated heterocycles. The molecule has 0 aliphatic carbocycles. The van der Waals surface area contributed by atoms with Gasteiger partial charge in [0.1, 0.15) is 17.7 Å². The fourth-order valence-electron chi connectivity index (χ4n) is 5.42. The van der Waals surface area contributed by atoms with Gasteiger partial charge < -0.3 is 34.7 Å². The average Bonchev–Trinajstić information content (AvgIpc) is 3.04. The lowest BCUT2D eigenvalue weighted by Gasteiger charge is -2.23. The van der Waals surface area contributed by atoms with Gasteiger partial charge in [-0.3, -0.25) is 4.79 Å². The fourth-order valence-corrected chi connectivity index (χ4v) is 5.42. The van der Waals surface area contributed by atoms with Crippen molar-refractivity contribution in [2.75, 3.05) is 40.6 Å². The van der Waals surface area contributed by atoms with E-state index in [1.807, 2.05) is 24.3 Å². The highest BCUT2D eigenvalue weighted by atomic mass is 16.6. The first kappa shape index (κ1) is 36.0. The molecule has 0 saturated carbocycles. The average molecular weight is 627 g/mol. The Kier molecular flexibility index (Phi) is 14.3. The van der Waals surface area contributed by atoms with Gasteiger partial charge >= 0.3 is 18.0 Å². The lowest BCUT2D eigenvalue weighted by Crippen LogP contribution is -2.45. The summed E-state index contributed by atoms with van der Waals surface area (Å²) in [5.74, 6) is 0.254. The molecule has 4 rings (SSSR count). The molecule has 1 amide bonds. The van der Waals surface area contributed by atoms with Crippen molar-refractivity contribution >= 4 is 18.0 Å². The van der Waals surface area contributed by atoms with Crippen LogP contribution in [0.15, 0.2) is 48.5 Å². The Balaban J connectivity index is 0.000000257. The van der Waals surface area contributed by atoms with Crippen molar-refractivity contribution in [1.29, 1.82) is 0 Å². The van der Waals surface area contributed by atoms with Crippen LogP contribution in [0.3, 0.4) is 0 Å². The minimum Gasteiger partial charge on any atom is -0.468 e. The van der Waals surface area contributed by atoms with Gasteiger partial charge in [0.15, 0.2) is 0 Å². The third-order valence-corrected chi connectivity index (χ3v) is 7.92. The molecule has 2 aliphatic rings. The van der Waals surface area contributed by atoms with E-state index in [1.165, 1.54) is 25.3 Å². The summed E-state index contributed by atoms with van der Waals surface area (Å²) >= 11 is 0. The first-order chi connectivity index (χ1) is 21.5. The molecule has 10 heteroatoms. The fraction of sp³-hybridized carbons (Fsp3) is 0.571. The third kappa shape index (κ3) is 12.4. The summed E-state index contributed by atoms with van der Waals surface area (Å²) in [5, 5.41) is 2.60. The lowest BCUT2D eigenvalue weighted by molar-refractivity contribution is -0.143. The summed E-state index contributed by atoms with van der Waals surface area (Å²) in [6, 6.07) is 15.2. The maximum atomic E-state index is 12.0. The Morgan fingerprint density at radius 3 is 1.58 bits per heavy atom. The van der Waals surface area contributed by atoms with Gasteiger partial charge in [-0.25, -0.2) is 9.59 Å². The Bertz CT molecular complexity index is 1200. The molecule has 248 valence electrons. The highest BCUT2D eigenvalue weighted by Crippen LogP contribution is 2.28. The largest absolute Gasteiger partial charge is 0.468 e. The zero-order valence-corrected chi connectivity index (χ0v) is 27.3. The zero-order valence-electron chi connectivity index (χ0n) is 27.3. The number of methoxy groups -OCH3 is 2. The molecule has 2 fully saturated rings. The number of benzene rings is 2. The molecule has 2 aliphatic heterocycles. The smallest absolute Gasteiger partial charge is 0.408 e. The SMILES string of the molecule is COC(=O)[C@@H](N)Cc1ccc(C2CCOCC2)cc1.COC(=O)[C@H](Cc1ccc(C2CCOCC2)cc1)NC(=O)OC(C)(C)C. The minimum absolute atomic E-state index is 0.347. The normalized spacial score (nSPS) is 17.2. The van der Waals surface area contributed by atoms with Crippen molar-refractivity contribution in [3.63, 3.8) is 0 Å². The van der Waals surface area contributed by atoms with Crippen molar-refractivity contribution in [1.82, 2.24) is 5.32 Å². The Hall–Kier alpha value is -3.47. The van der Waals surface area contributed by atoms with Crippen LogP contribution in [0.2, 0.25) is 0 Å². The Labute approximate surface area is 267 Å². The van der Waals surface area contributed by atoms with Crippen molar-refractivity contribution in [2.24, 2.45) is 5.73 Å². The van der Waals surface area contributed by atoms with E-state index in [0.717, 1.165) is 63.2 Å². The number of amides is 1. The highest BCUT2D eigenvalue weighted by molar-refractivity contribution is 5.81. The highest BCUT2D eigenvalue weighted by Gasteiger charge is 2.26. The number of esters is 2. The summed E-state index contributed by atoms with van der Waals surface area (Å²) < 4.78 is 25.4. The first-order valence-corrected chi connectivity index (χ1v) is 15.7. The van der Waals surface area contributed by atoms with Crippen LogP contribution in [0.4, 0.5) is 4.79 Å². The van der Waals surface area contributed by atoms with Crippen LogP contribution in [0.5, 0.6) is 0 Å². The van der Waals surface area contributed by atoms with Gasteiger partial charge in [0.05, 0.1) is 14.2 Å². The van der Waals surface area contributed by atoms with Gasteiger partial charge in [-0.2, -0.15) is 0 Å². The van der Waals surface area contributed by atoms with Crippen LogP contribution < -0.4 is 11.1 Å². The predicted molar refractivity (Wildman–Crippen MR) is 171 cm³/mol. The van der Waals surface area contributed by atoms with E-state index in [0.29, 0.717) is 24.7 Å². The van der Waals surface area contributed by atoms with Crippen LogP contribution in [0.25, 0.3) is 0 Å². The van der Waals surface area contributed by atoms with E-state index in [-0.39, 0.29) is 5.97 Å². The van der Waals surface area contributed by atoms with E-state index in [1.54, 1.807) is 20.8 Å². The van der Waals surface area contributed by atoms with Gasteiger partial charge in [0, 0.05) is 32.8 Å². The Morgan fingerprint density at radius 1 is 0.756 bits per heavy atom. The van der Waals surface area contributed by atoms with E-state index in [9.17, 15) is 14.4 Å². The number of carbonyl (C=O) groups is 3. The molecule has 2 aromatic rings. The summed E-state index contributed by atoms with van der Waals surface area (Å²) in [6.07, 6.45) is 4.46. The van der Waals surface area contributed by atoms with Crippen molar-refractivity contribution < 1.29 is 38.1 Å². The van der Waals surface area contributed by atoms with Gasteiger partial charge in [-0.05, 0) is 87.0 Å². The number of hydrogen-bond acceptors (Lipinski definition) is 9. The van der Waals surface area contributed by atoms with Crippen LogP contribution in [0.1, 0.15) is 80.5 Å². The molecule has 45 heavy (non-hydrogen) atoms. The second-order valence-electron chi connectivity index (χ2n) is 12.5. The van der Waals surface area contributed by atoms with Crippen LogP contribution >= 0.6 is 0 Å². The molecule has 0 radical (unpaired) electrons. The molecule has 0 bridgehead atoms. The number of alkyl carbamates (subject to hydrolysis) is 1. The summed E-state index contributed by atoms with van der Waals surface area (Å²) in [5.41, 5.74) is 9.77. The zero-order chi connectivity index (χ0) is 32.8. The molecular formula is C35H50N2O8. The second kappa shape index (κ2) is 17.9. The quantitative estimate of drug-likeness (QED) is 0.297. The van der Waals surface area contributed by atoms with Crippen molar-refractivity contribution in [3.8, 4) is 0 Å². The van der Waals surface area contributed by atoms with Gasteiger partial charge in [-0.15, -0.1) is 0 Å². The lowest BCUT2D eigenvalue weighted by atomic mass is 9.90. The van der Waals surface area contributed by atoms with Crippen LogP contribution in [-0.4, -0.2) is 76.4 Å². The van der Waals surface area contributed by atoms with Gasteiger partial charge in [0.2, 0.25) is 0 Å². The number of ether oxygens (including phenoxy) is 5. The van der Waals surface area contributed by atoms with Gasteiger partial charge in [-0.1, -0.05) is 48.5 Å². The van der Waals surface area contributed by atoms with E-state index < -0.39 is 29.7 Å². The first-order valence-electron chi connectivity index (χ1n) is 15.7. The van der Waals surface area contributed by atoms with E-state index in [2.05, 4.69) is 34.3 Å². The molecule has 2 atom stereocenters. The van der Waals surface area contributed by atoms with Crippen LogP contribution in [0, 0.1) is 0 Å². The predicted octanol–water partition coefficient (Wildman–Crippen LogP) is 4.81. The molecule has 3 N–H and O–H groups in total. The minimum atomic E-state index is -0.788. The molecule has 2 aromatic carbocycles. The molecule has 10 nitrogen and oxygen atoms in total. The number of nitrogens with one attached hydrogen (secondary N) is 1. The monoisotopic (exact) mass is 626 g/mol. The molecule has 2 heterocycles. The molecule has 0 unspecified atom stereocenters. The topological polar surface area (TPSA) is 135 Å². The van der Waals surface area contributed by atoms with Gasteiger partial charge in [0.25, 0.3) is 0 Å². The Morgan fingerprint density at radius 2 is 1.18 bits per heavy atom. The van der Waals surface area contributed by atoms with Crippen molar-refractivity contribution in [3.05, 3.63) is 70.8 Å². The van der Waals surface area contributed by atoms with Crippen molar-refractivity contribution in [2.45, 2.75) is 88.8 Å². The molecule has 0 spiro atoms. The second-order valence-corrected chi connectivity index (χ2v) is 12.5. The summed E-state index contributed by atoms with van der Waals surface area (Å²) in [7, 11) is 2.66. The molecule has 0 aromatic heterocycles. The maximum absolute atomic E-state index is 12.0. The van der Waals surface area contributed by atoms with E-state index >= 15 is 0 Å². The summed E-state index contributed by atoms with van der Waals surface area (Å²) in [6.45, 7) is 8.62. The standard InChI is InChI=1S/C20H29NO5.C15H21NO3/c1-20(2,3)26-19(23)21-17(18(22)24-4)13-14-5-7-15(8-6-14)16-9-11-25-12-10-16;1-18-15(17)14(16)10-11-2-4-12(5-3-11)13-6-8-19-9-7-13/h5-8,16-17H,9-13H2,1-4H3,(H,21,23);2-5,13-14H,6-10,16H2,1H3/t17-;14-/m00/s1. The van der Waals surface area contributed by atoms with E-state index in [4.69, 9.17) is 24.7 Å². The number of hydrogen-bond donors (Lipinski definition) is 2. The summed E-state index contributed by atoms with van der Waals surface area (Å²) in [4.78, 5) is 35.3. The third-order valence-electron chi connectivity index (χ3n) is 7.92. The molecular weight excluding hydrogens is 576 g/mol.